The molecule has 0 aliphatic heterocycles. The molecule has 0 atom stereocenters. The van der Waals surface area contributed by atoms with Gasteiger partial charge in [0.2, 0.25) is 5.88 Å². The third kappa shape index (κ3) is 3.63. The van der Waals surface area contributed by atoms with Gasteiger partial charge in [0.05, 0.1) is 18.4 Å². The minimum Gasteiger partial charge on any atom is -0.480 e. The van der Waals surface area contributed by atoms with Crippen LogP contribution in [0.4, 0.5) is 0 Å². The van der Waals surface area contributed by atoms with Crippen molar-refractivity contribution in [2.24, 2.45) is 0 Å². The van der Waals surface area contributed by atoms with Gasteiger partial charge in [0.25, 0.3) is 0 Å². The summed E-state index contributed by atoms with van der Waals surface area (Å²) >= 11 is 9.41. The number of nitriles is 1. The van der Waals surface area contributed by atoms with Crippen molar-refractivity contribution in [3.05, 3.63) is 80.1 Å². The first-order valence-corrected chi connectivity index (χ1v) is 9.66. The van der Waals surface area contributed by atoms with Crippen LogP contribution >= 0.6 is 27.5 Å². The zero-order chi connectivity index (χ0) is 20.5. The molecule has 0 fully saturated rings. The number of benzene rings is 2. The van der Waals surface area contributed by atoms with Crippen LogP contribution in [-0.4, -0.2) is 12.1 Å². The van der Waals surface area contributed by atoms with Crippen molar-refractivity contribution in [2.45, 2.75) is 0 Å². The third-order valence-corrected chi connectivity index (χ3v) is 5.16. The number of hydrogen-bond acceptors (Lipinski definition) is 5. The van der Waals surface area contributed by atoms with Crippen molar-refractivity contribution in [2.75, 3.05) is 7.11 Å². The van der Waals surface area contributed by atoms with Crippen molar-refractivity contribution in [1.29, 1.82) is 5.26 Å². The van der Waals surface area contributed by atoms with Gasteiger partial charge in [-0.05, 0) is 48.0 Å². The lowest BCUT2D eigenvalue weighted by atomic mass is 9.99. The molecule has 5 nitrogen and oxygen atoms in total. The number of halogens is 2. The van der Waals surface area contributed by atoms with Crippen LogP contribution in [0.25, 0.3) is 33.4 Å². The Labute approximate surface area is 179 Å². The Hall–Kier alpha value is -3.14. The van der Waals surface area contributed by atoms with Gasteiger partial charge in [0, 0.05) is 20.4 Å². The van der Waals surface area contributed by atoms with Crippen LogP contribution in [-0.2, 0) is 0 Å². The van der Waals surface area contributed by atoms with Gasteiger partial charge in [-0.25, -0.2) is 9.78 Å². The van der Waals surface area contributed by atoms with Crippen LogP contribution < -0.4 is 10.4 Å². The zero-order valence-electron chi connectivity index (χ0n) is 15.1. The van der Waals surface area contributed by atoms with Crippen LogP contribution in [0.3, 0.4) is 0 Å². The number of methoxy groups -OCH3 is 1. The summed E-state index contributed by atoms with van der Waals surface area (Å²) in [5.74, 6) is 0.128. The number of aromatic nitrogens is 1. The second-order valence-corrected chi connectivity index (χ2v) is 7.54. The monoisotopic (exact) mass is 466 g/mol. The molecule has 0 unspecified atom stereocenters. The van der Waals surface area contributed by atoms with Gasteiger partial charge in [-0.15, -0.1) is 0 Å². The van der Waals surface area contributed by atoms with E-state index in [2.05, 4.69) is 27.0 Å². The molecule has 4 aromatic rings. The summed E-state index contributed by atoms with van der Waals surface area (Å²) in [6, 6.07) is 17.9. The Balaban J connectivity index is 2.00. The standard InChI is InChI=1S/C22H12BrClN2O3/c1-28-21-18(11-25)16(12-2-5-15(24)6-3-12)10-19(26-21)17-9-13-8-14(23)4-7-20(13)29-22(17)27/h2-10H,1H3. The van der Waals surface area contributed by atoms with E-state index in [4.69, 9.17) is 20.8 Å². The second-order valence-electron chi connectivity index (χ2n) is 6.19. The largest absolute Gasteiger partial charge is 0.480 e. The average Bonchev–Trinajstić information content (AvgIpc) is 2.73. The summed E-state index contributed by atoms with van der Waals surface area (Å²) in [7, 11) is 1.43. The number of rotatable bonds is 3. The molecule has 142 valence electrons. The highest BCUT2D eigenvalue weighted by atomic mass is 79.9. The molecule has 2 heterocycles. The van der Waals surface area contributed by atoms with Gasteiger partial charge >= 0.3 is 5.63 Å². The van der Waals surface area contributed by atoms with E-state index in [-0.39, 0.29) is 17.0 Å². The Kier molecular flexibility index (Phi) is 5.10. The van der Waals surface area contributed by atoms with E-state index in [9.17, 15) is 10.1 Å². The summed E-state index contributed by atoms with van der Waals surface area (Å²) in [4.78, 5) is 17.0. The van der Waals surface area contributed by atoms with Gasteiger partial charge < -0.3 is 9.15 Å². The fraction of sp³-hybridized carbons (Fsp3) is 0.0455. The van der Waals surface area contributed by atoms with Crippen LogP contribution in [0.2, 0.25) is 5.02 Å². The average molecular weight is 468 g/mol. The first-order chi connectivity index (χ1) is 14.0. The molecule has 7 heteroatoms. The number of ether oxygens (including phenoxy) is 1. The molecule has 2 aromatic carbocycles. The quantitative estimate of drug-likeness (QED) is 0.355. The number of pyridine rings is 1. The van der Waals surface area contributed by atoms with Gasteiger partial charge in [-0.2, -0.15) is 5.26 Å². The summed E-state index contributed by atoms with van der Waals surface area (Å²) < 4.78 is 11.6. The van der Waals surface area contributed by atoms with Gasteiger partial charge in [0.1, 0.15) is 17.2 Å². The molecule has 0 spiro atoms. The van der Waals surface area contributed by atoms with E-state index in [0.717, 1.165) is 15.4 Å². The summed E-state index contributed by atoms with van der Waals surface area (Å²) in [5.41, 5.74) is 2.17. The number of hydrogen-bond donors (Lipinski definition) is 0. The fourth-order valence-electron chi connectivity index (χ4n) is 3.05. The molecule has 0 aliphatic carbocycles. The van der Waals surface area contributed by atoms with Crippen LogP contribution in [0.5, 0.6) is 5.88 Å². The highest BCUT2D eigenvalue weighted by molar-refractivity contribution is 9.10. The van der Waals surface area contributed by atoms with E-state index in [1.165, 1.54) is 7.11 Å². The number of nitrogens with zero attached hydrogens (tertiary/aromatic N) is 2. The third-order valence-electron chi connectivity index (χ3n) is 4.42. The predicted octanol–water partition coefficient (Wildman–Crippen LogP) is 5.82. The molecular weight excluding hydrogens is 456 g/mol. The van der Waals surface area contributed by atoms with E-state index < -0.39 is 5.63 Å². The van der Waals surface area contributed by atoms with Crippen LogP contribution in [0.1, 0.15) is 5.56 Å². The van der Waals surface area contributed by atoms with Crippen LogP contribution in [0, 0.1) is 11.3 Å². The minimum absolute atomic E-state index is 0.128. The summed E-state index contributed by atoms with van der Waals surface area (Å²) in [6.45, 7) is 0. The topological polar surface area (TPSA) is 76.1 Å². The molecule has 0 N–H and O–H groups in total. The normalized spacial score (nSPS) is 10.7. The van der Waals surface area contributed by atoms with E-state index in [0.29, 0.717) is 21.9 Å². The predicted molar refractivity (Wildman–Crippen MR) is 115 cm³/mol. The molecule has 0 saturated heterocycles. The molecule has 0 radical (unpaired) electrons. The molecule has 0 aliphatic rings. The van der Waals surface area contributed by atoms with Crippen molar-refractivity contribution in [1.82, 2.24) is 4.98 Å². The molecule has 0 amide bonds. The van der Waals surface area contributed by atoms with Crippen molar-refractivity contribution in [3.8, 4) is 34.3 Å². The van der Waals surface area contributed by atoms with E-state index in [1.807, 2.05) is 6.07 Å². The lowest BCUT2D eigenvalue weighted by Crippen LogP contribution is -2.06. The molecule has 29 heavy (non-hydrogen) atoms. The van der Waals surface area contributed by atoms with Gasteiger partial charge in [-0.1, -0.05) is 39.7 Å². The van der Waals surface area contributed by atoms with Crippen molar-refractivity contribution < 1.29 is 9.15 Å². The molecule has 4 rings (SSSR count). The van der Waals surface area contributed by atoms with E-state index in [1.54, 1.807) is 48.5 Å². The lowest BCUT2D eigenvalue weighted by Gasteiger charge is -2.11. The Morgan fingerprint density at radius 1 is 1.10 bits per heavy atom. The number of fused-ring (bicyclic) bond motifs is 1. The SMILES string of the molecule is COc1nc(-c2cc3cc(Br)ccc3oc2=O)cc(-c2ccc(Cl)cc2)c1C#N. The highest BCUT2D eigenvalue weighted by Gasteiger charge is 2.18. The lowest BCUT2D eigenvalue weighted by molar-refractivity contribution is 0.397. The molecule has 2 aromatic heterocycles. The van der Waals surface area contributed by atoms with E-state index >= 15 is 0 Å². The smallest absolute Gasteiger partial charge is 0.345 e. The molecular formula is C22H12BrClN2O3. The summed E-state index contributed by atoms with van der Waals surface area (Å²) in [6.07, 6.45) is 0. The minimum atomic E-state index is -0.527. The molecule has 0 saturated carbocycles. The fourth-order valence-corrected chi connectivity index (χ4v) is 3.55. The highest BCUT2D eigenvalue weighted by Crippen LogP contribution is 2.34. The van der Waals surface area contributed by atoms with Crippen molar-refractivity contribution >= 4 is 38.5 Å². The summed E-state index contributed by atoms with van der Waals surface area (Å²) in [5, 5.41) is 11.0. The Morgan fingerprint density at radius 2 is 1.86 bits per heavy atom. The maximum atomic E-state index is 12.6. The Bertz CT molecular complexity index is 1340. The molecule has 0 bridgehead atoms. The Morgan fingerprint density at radius 3 is 2.55 bits per heavy atom. The maximum Gasteiger partial charge on any atom is 0.345 e. The second kappa shape index (κ2) is 7.70. The van der Waals surface area contributed by atoms with Gasteiger partial charge in [0.15, 0.2) is 0 Å². The van der Waals surface area contributed by atoms with Crippen molar-refractivity contribution in [3.63, 3.8) is 0 Å². The van der Waals surface area contributed by atoms with Gasteiger partial charge in [-0.3, -0.25) is 0 Å². The van der Waals surface area contributed by atoms with Crippen LogP contribution in [0.15, 0.2) is 68.3 Å². The zero-order valence-corrected chi connectivity index (χ0v) is 17.4. The first kappa shape index (κ1) is 19.2. The maximum absolute atomic E-state index is 12.6. The first-order valence-electron chi connectivity index (χ1n) is 8.49.